The van der Waals surface area contributed by atoms with Crippen LogP contribution in [-0.4, -0.2) is 18.5 Å². The molecule has 1 amide bonds. The number of carbonyl (C=O) groups is 2. The number of rotatable bonds is 6. The highest BCUT2D eigenvalue weighted by Crippen LogP contribution is 2.37. The predicted molar refractivity (Wildman–Crippen MR) is 94.3 cm³/mol. The number of unbranched alkanes of at least 4 members (excludes halogenated alkanes) is 1. The van der Waals surface area contributed by atoms with E-state index in [1.165, 1.54) is 17.7 Å². The third-order valence-electron chi connectivity index (χ3n) is 4.16. The highest BCUT2D eigenvalue weighted by molar-refractivity contribution is 7.17. The summed E-state index contributed by atoms with van der Waals surface area (Å²) >= 11 is 1.57. The van der Waals surface area contributed by atoms with Gasteiger partial charge in [0.25, 0.3) is 0 Å². The van der Waals surface area contributed by atoms with Crippen LogP contribution in [0.4, 0.5) is 5.00 Å². The van der Waals surface area contributed by atoms with Gasteiger partial charge in [-0.25, -0.2) is 4.79 Å². The highest BCUT2D eigenvalue weighted by atomic mass is 32.1. The Hall–Kier alpha value is -1.36. The molecule has 0 radical (unpaired) electrons. The molecule has 128 valence electrons. The number of hydrogen-bond donors (Lipinski definition) is 1. The van der Waals surface area contributed by atoms with Crippen molar-refractivity contribution in [2.75, 3.05) is 11.9 Å². The first-order chi connectivity index (χ1) is 11.2. The molecule has 4 nitrogen and oxygen atoms in total. The normalized spacial score (nSPS) is 14.5. The van der Waals surface area contributed by atoms with Crippen LogP contribution in [0.15, 0.2) is 0 Å². The average molecular weight is 337 g/mol. The topological polar surface area (TPSA) is 55.4 Å². The van der Waals surface area contributed by atoms with E-state index in [-0.39, 0.29) is 11.9 Å². The Balaban J connectivity index is 2.29. The van der Waals surface area contributed by atoms with Gasteiger partial charge >= 0.3 is 5.97 Å². The number of carbonyl (C=O) groups excluding carboxylic acids is 2. The van der Waals surface area contributed by atoms with Gasteiger partial charge in [0.05, 0.1) is 12.2 Å². The van der Waals surface area contributed by atoms with E-state index < -0.39 is 0 Å². The van der Waals surface area contributed by atoms with E-state index in [4.69, 9.17) is 4.74 Å². The molecule has 1 aromatic heterocycles. The van der Waals surface area contributed by atoms with Crippen LogP contribution in [0.2, 0.25) is 0 Å². The molecule has 0 unspecified atom stereocenters. The molecule has 0 aromatic carbocycles. The Bertz CT molecular complexity index is 551. The summed E-state index contributed by atoms with van der Waals surface area (Å²) in [6.45, 7) is 4.23. The summed E-state index contributed by atoms with van der Waals surface area (Å²) in [6.07, 6.45) is 8.95. The van der Waals surface area contributed by atoms with Crippen LogP contribution < -0.4 is 5.32 Å². The van der Waals surface area contributed by atoms with E-state index in [0.717, 1.165) is 44.1 Å². The molecular formula is C18H27NO3S. The molecule has 0 spiro atoms. The lowest BCUT2D eigenvalue weighted by Crippen LogP contribution is -2.15. The summed E-state index contributed by atoms with van der Waals surface area (Å²) in [7, 11) is 0. The smallest absolute Gasteiger partial charge is 0.341 e. The fourth-order valence-electron chi connectivity index (χ4n) is 2.95. The number of ether oxygens (including phenoxy) is 1. The molecule has 5 heteroatoms. The lowest BCUT2D eigenvalue weighted by Gasteiger charge is -2.11. The van der Waals surface area contributed by atoms with Crippen molar-refractivity contribution in [3.63, 3.8) is 0 Å². The second kappa shape index (κ2) is 9.06. The second-order valence-corrected chi connectivity index (χ2v) is 7.10. The largest absolute Gasteiger partial charge is 0.462 e. The maximum absolute atomic E-state index is 12.4. The Morgan fingerprint density at radius 2 is 1.87 bits per heavy atom. The molecule has 1 aliphatic carbocycles. The molecule has 1 aromatic rings. The number of aryl methyl sites for hydroxylation is 1. The first kappa shape index (κ1) is 18.0. The Morgan fingerprint density at radius 1 is 1.13 bits per heavy atom. The van der Waals surface area contributed by atoms with E-state index >= 15 is 0 Å². The lowest BCUT2D eigenvalue weighted by molar-refractivity contribution is -0.116. The maximum atomic E-state index is 12.4. The van der Waals surface area contributed by atoms with Crippen molar-refractivity contribution in [3.8, 4) is 0 Å². The number of esters is 1. The Morgan fingerprint density at radius 3 is 2.57 bits per heavy atom. The number of amides is 1. The van der Waals surface area contributed by atoms with Gasteiger partial charge in [0, 0.05) is 11.3 Å². The molecule has 0 bridgehead atoms. The van der Waals surface area contributed by atoms with Crippen molar-refractivity contribution >= 4 is 28.2 Å². The Kier molecular flexibility index (Phi) is 7.09. The maximum Gasteiger partial charge on any atom is 0.341 e. The summed E-state index contributed by atoms with van der Waals surface area (Å²) in [5.41, 5.74) is 1.72. The minimum Gasteiger partial charge on any atom is -0.462 e. The summed E-state index contributed by atoms with van der Waals surface area (Å²) in [5.74, 6) is -0.303. The summed E-state index contributed by atoms with van der Waals surface area (Å²) in [5, 5.41) is 3.65. The van der Waals surface area contributed by atoms with Gasteiger partial charge in [-0.15, -0.1) is 11.3 Å². The lowest BCUT2D eigenvalue weighted by atomic mass is 9.96. The van der Waals surface area contributed by atoms with Crippen molar-refractivity contribution in [2.45, 2.75) is 71.6 Å². The quantitative estimate of drug-likeness (QED) is 0.765. The van der Waals surface area contributed by atoms with E-state index in [2.05, 4.69) is 12.2 Å². The molecule has 1 N–H and O–H groups in total. The standard InChI is InChI=1S/C18H27NO3S/c1-3-5-12-15(20)19-17-16(18(21)22-4-2)13-10-8-6-7-9-11-14(13)23-17/h3-12H2,1-2H3,(H,19,20). The van der Waals surface area contributed by atoms with E-state index in [0.29, 0.717) is 23.6 Å². The molecule has 0 saturated heterocycles. The number of fused-ring (bicyclic) bond motifs is 1. The first-order valence-corrected chi connectivity index (χ1v) is 9.60. The molecule has 1 heterocycles. The predicted octanol–water partition coefficient (Wildman–Crippen LogP) is 4.71. The van der Waals surface area contributed by atoms with E-state index in [1.807, 2.05) is 6.92 Å². The van der Waals surface area contributed by atoms with Crippen LogP contribution in [0, 0.1) is 0 Å². The molecule has 1 aliphatic rings. The summed E-state index contributed by atoms with van der Waals surface area (Å²) < 4.78 is 5.24. The number of nitrogens with one attached hydrogen (secondary N) is 1. The molecule has 0 saturated carbocycles. The highest BCUT2D eigenvalue weighted by Gasteiger charge is 2.26. The SMILES string of the molecule is CCCCC(=O)Nc1sc2c(c1C(=O)OCC)CCCCCC2. The monoisotopic (exact) mass is 337 g/mol. The minimum absolute atomic E-state index is 0.00776. The van der Waals surface area contributed by atoms with Gasteiger partial charge in [0.2, 0.25) is 5.91 Å². The number of hydrogen-bond acceptors (Lipinski definition) is 4. The van der Waals surface area contributed by atoms with Crippen LogP contribution in [-0.2, 0) is 22.4 Å². The van der Waals surface area contributed by atoms with Gasteiger partial charge in [-0.3, -0.25) is 4.79 Å². The summed E-state index contributed by atoms with van der Waals surface area (Å²) in [4.78, 5) is 25.8. The van der Waals surface area contributed by atoms with Crippen molar-refractivity contribution in [1.82, 2.24) is 0 Å². The minimum atomic E-state index is -0.295. The van der Waals surface area contributed by atoms with Crippen molar-refractivity contribution in [2.24, 2.45) is 0 Å². The molecule has 23 heavy (non-hydrogen) atoms. The van der Waals surface area contributed by atoms with Crippen molar-refractivity contribution in [3.05, 3.63) is 16.0 Å². The zero-order valence-electron chi connectivity index (χ0n) is 14.2. The molecule has 2 rings (SSSR count). The molecule has 0 atom stereocenters. The number of anilines is 1. The third kappa shape index (κ3) is 4.80. The summed E-state index contributed by atoms with van der Waals surface area (Å²) in [6, 6.07) is 0. The van der Waals surface area contributed by atoms with Gasteiger partial charge in [-0.1, -0.05) is 26.2 Å². The Labute approximate surface area is 142 Å². The fourth-order valence-corrected chi connectivity index (χ4v) is 4.25. The zero-order valence-corrected chi connectivity index (χ0v) is 15.0. The molecular weight excluding hydrogens is 310 g/mol. The molecule has 0 aliphatic heterocycles. The van der Waals surface area contributed by atoms with Gasteiger partial charge in [-0.05, 0) is 44.6 Å². The first-order valence-electron chi connectivity index (χ1n) is 8.78. The fraction of sp³-hybridized carbons (Fsp3) is 0.667. The average Bonchev–Trinajstić information content (AvgIpc) is 2.82. The van der Waals surface area contributed by atoms with Crippen LogP contribution in [0.25, 0.3) is 0 Å². The van der Waals surface area contributed by atoms with Gasteiger partial charge in [0.1, 0.15) is 5.00 Å². The second-order valence-electron chi connectivity index (χ2n) is 5.99. The van der Waals surface area contributed by atoms with Crippen molar-refractivity contribution < 1.29 is 14.3 Å². The van der Waals surface area contributed by atoms with E-state index in [9.17, 15) is 9.59 Å². The van der Waals surface area contributed by atoms with Gasteiger partial charge < -0.3 is 10.1 Å². The van der Waals surface area contributed by atoms with Crippen LogP contribution in [0.3, 0.4) is 0 Å². The van der Waals surface area contributed by atoms with Crippen LogP contribution in [0.5, 0.6) is 0 Å². The number of thiophene rings is 1. The van der Waals surface area contributed by atoms with Gasteiger partial charge in [-0.2, -0.15) is 0 Å². The van der Waals surface area contributed by atoms with Crippen LogP contribution >= 0.6 is 11.3 Å². The van der Waals surface area contributed by atoms with Crippen molar-refractivity contribution in [1.29, 1.82) is 0 Å². The van der Waals surface area contributed by atoms with Gasteiger partial charge in [0.15, 0.2) is 0 Å². The third-order valence-corrected chi connectivity index (χ3v) is 5.37. The van der Waals surface area contributed by atoms with E-state index in [1.54, 1.807) is 11.3 Å². The van der Waals surface area contributed by atoms with Crippen LogP contribution in [0.1, 0.15) is 79.6 Å². The molecule has 0 fully saturated rings. The zero-order chi connectivity index (χ0) is 16.7.